The number of esters is 1. The molecule has 0 aliphatic carbocycles. The molecule has 14 heteroatoms. The van der Waals surface area contributed by atoms with E-state index in [1.165, 1.54) is 14.0 Å². The van der Waals surface area contributed by atoms with Crippen LogP contribution in [0, 0.1) is 11.3 Å². The summed E-state index contributed by atoms with van der Waals surface area (Å²) in [7, 11) is -1.47. The first-order valence-electron chi connectivity index (χ1n) is 10.1. The molecule has 0 aromatic carbocycles. The van der Waals surface area contributed by atoms with E-state index < -0.39 is 48.0 Å². The van der Waals surface area contributed by atoms with Crippen LogP contribution in [0.2, 0.25) is 0 Å². The van der Waals surface area contributed by atoms with Crippen LogP contribution in [-0.2, 0) is 46.8 Å². The van der Waals surface area contributed by atoms with Crippen LogP contribution in [0.15, 0.2) is 0 Å². The fourth-order valence-electron chi connectivity index (χ4n) is 2.69. The number of hydrogen-bond donors (Lipinski definition) is 2. The highest BCUT2D eigenvalue weighted by Gasteiger charge is 2.48. The van der Waals surface area contributed by atoms with Crippen molar-refractivity contribution in [2.45, 2.75) is 39.7 Å². The number of carbonyl (C=O) groups is 5. The van der Waals surface area contributed by atoms with Crippen molar-refractivity contribution in [3.05, 3.63) is 0 Å². The number of ketones is 1. The van der Waals surface area contributed by atoms with Crippen molar-refractivity contribution < 1.29 is 46.8 Å². The molecule has 188 valence electrons. The number of methoxy groups -OCH3 is 1. The third kappa shape index (κ3) is 9.54. The zero-order valence-corrected chi connectivity index (χ0v) is 21.0. The van der Waals surface area contributed by atoms with Crippen LogP contribution >= 0.6 is 19.6 Å². The molecular weight excluding hydrogens is 479 g/mol. The van der Waals surface area contributed by atoms with E-state index >= 15 is 0 Å². The van der Waals surface area contributed by atoms with Gasteiger partial charge in [-0.25, -0.2) is 4.57 Å². The van der Waals surface area contributed by atoms with Crippen LogP contribution < -0.4 is 10.6 Å². The van der Waals surface area contributed by atoms with E-state index in [0.29, 0.717) is 0 Å². The van der Waals surface area contributed by atoms with Gasteiger partial charge in [0.25, 0.3) is 0 Å². The summed E-state index contributed by atoms with van der Waals surface area (Å²) in [6, 6.07) is 0. The van der Waals surface area contributed by atoms with Crippen LogP contribution in [0.1, 0.15) is 33.6 Å². The summed E-state index contributed by atoms with van der Waals surface area (Å²) < 4.78 is 31.7. The summed E-state index contributed by atoms with van der Waals surface area (Å²) in [6.45, 7) is 4.81. The highest BCUT2D eigenvalue weighted by atomic mass is 32.2. The van der Waals surface area contributed by atoms with Crippen LogP contribution in [0.25, 0.3) is 0 Å². The Hall–Kier alpha value is -1.79. The average Bonchev–Trinajstić information content (AvgIpc) is 2.76. The molecule has 0 bridgehead atoms. The Labute approximate surface area is 196 Å². The molecule has 0 aromatic rings. The number of carbonyl (C=O) groups excluding carboxylic acids is 5. The van der Waals surface area contributed by atoms with Crippen LogP contribution in [-0.4, -0.2) is 74.5 Å². The number of amides is 2. The van der Waals surface area contributed by atoms with Crippen molar-refractivity contribution in [2.75, 3.05) is 39.7 Å². The predicted molar refractivity (Wildman–Crippen MR) is 118 cm³/mol. The fraction of sp³-hybridized carbons (Fsp3) is 0.737. The fourth-order valence-corrected chi connectivity index (χ4v) is 4.93. The van der Waals surface area contributed by atoms with E-state index in [1.54, 1.807) is 13.8 Å². The molecule has 2 unspecified atom stereocenters. The Bertz CT molecular complexity index is 803. The van der Waals surface area contributed by atoms with Crippen molar-refractivity contribution in [3.63, 3.8) is 0 Å². The topological polar surface area (TPSA) is 163 Å². The first-order chi connectivity index (χ1) is 15.3. The first kappa shape index (κ1) is 29.2. The number of hydrogen-bond acceptors (Lipinski definition) is 11. The quantitative estimate of drug-likeness (QED) is 0.165. The van der Waals surface area contributed by atoms with Gasteiger partial charge in [-0.15, -0.1) is 0 Å². The normalized spacial score (nSPS) is 22.6. The van der Waals surface area contributed by atoms with Crippen molar-refractivity contribution in [1.82, 2.24) is 10.6 Å². The molecular formula is C19H31N2O10PS. The molecule has 1 aliphatic rings. The van der Waals surface area contributed by atoms with Crippen molar-refractivity contribution in [1.29, 1.82) is 0 Å². The van der Waals surface area contributed by atoms with Gasteiger partial charge in [-0.2, -0.15) is 0 Å². The molecule has 0 saturated carbocycles. The van der Waals surface area contributed by atoms with Crippen molar-refractivity contribution in [2.24, 2.45) is 11.3 Å². The average molecular weight is 511 g/mol. The lowest BCUT2D eigenvalue weighted by Crippen LogP contribution is -2.50. The van der Waals surface area contributed by atoms with Crippen LogP contribution in [0.5, 0.6) is 0 Å². The molecule has 3 atom stereocenters. The number of rotatable bonds is 12. The van der Waals surface area contributed by atoms with Gasteiger partial charge in [0.05, 0.1) is 26.1 Å². The van der Waals surface area contributed by atoms with E-state index in [2.05, 4.69) is 15.4 Å². The number of phosphoric acid groups is 1. The van der Waals surface area contributed by atoms with Gasteiger partial charge in [-0.1, -0.05) is 25.6 Å². The molecule has 1 aliphatic heterocycles. The zero-order chi connectivity index (χ0) is 25.2. The Morgan fingerprint density at radius 2 is 1.82 bits per heavy atom. The number of phosphoric ester groups is 1. The molecule has 2 N–H and O–H groups in total. The highest BCUT2D eigenvalue weighted by Crippen LogP contribution is 2.56. The van der Waals surface area contributed by atoms with Gasteiger partial charge in [-0.3, -0.25) is 37.5 Å². The summed E-state index contributed by atoms with van der Waals surface area (Å²) in [6.07, 6.45) is -1.44. The lowest BCUT2D eigenvalue weighted by atomic mass is 9.87. The maximum atomic E-state index is 12.4. The summed E-state index contributed by atoms with van der Waals surface area (Å²) in [5.74, 6) is -2.88. The summed E-state index contributed by atoms with van der Waals surface area (Å²) >= 11 is 0.838. The highest BCUT2D eigenvalue weighted by molar-refractivity contribution is 8.13. The zero-order valence-electron chi connectivity index (χ0n) is 19.3. The SMILES string of the molecule is COC(=O)CC(C(C)=O)C(=O)SCCNC(=O)CCNC(=O)[C@@H]1OP(=O)(OC)OCC1(C)C. The minimum absolute atomic E-state index is 0.00279. The molecule has 0 aromatic heterocycles. The van der Waals surface area contributed by atoms with Crippen molar-refractivity contribution in [3.8, 4) is 0 Å². The number of Topliss-reactive ketones (excluding diaryl/α,β-unsaturated/α-hetero) is 1. The third-order valence-corrected chi connectivity index (χ3v) is 7.03. The van der Waals surface area contributed by atoms with E-state index in [9.17, 15) is 28.5 Å². The molecule has 33 heavy (non-hydrogen) atoms. The summed E-state index contributed by atoms with van der Waals surface area (Å²) in [4.78, 5) is 59.4. The smallest absolute Gasteiger partial charge is 0.469 e. The predicted octanol–water partition coefficient (Wildman–Crippen LogP) is 0.833. The molecule has 1 heterocycles. The minimum Gasteiger partial charge on any atom is -0.469 e. The van der Waals surface area contributed by atoms with Gasteiger partial charge in [0.2, 0.25) is 11.8 Å². The van der Waals surface area contributed by atoms with E-state index in [4.69, 9.17) is 13.6 Å². The van der Waals surface area contributed by atoms with E-state index in [1.807, 2.05) is 0 Å². The van der Waals surface area contributed by atoms with Gasteiger partial charge in [0.1, 0.15) is 5.78 Å². The van der Waals surface area contributed by atoms with Crippen molar-refractivity contribution >= 4 is 48.3 Å². The van der Waals surface area contributed by atoms with Crippen LogP contribution in [0.4, 0.5) is 0 Å². The number of nitrogens with one attached hydrogen (secondary N) is 2. The Morgan fingerprint density at radius 3 is 2.39 bits per heavy atom. The van der Waals surface area contributed by atoms with E-state index in [0.717, 1.165) is 18.9 Å². The molecule has 1 saturated heterocycles. The van der Waals surface area contributed by atoms with Gasteiger partial charge >= 0.3 is 13.8 Å². The summed E-state index contributed by atoms with van der Waals surface area (Å²) in [5, 5.41) is 4.69. The molecule has 0 spiro atoms. The molecule has 0 radical (unpaired) electrons. The number of thioether (sulfide) groups is 1. The van der Waals surface area contributed by atoms with Gasteiger partial charge in [-0.05, 0) is 6.92 Å². The lowest BCUT2D eigenvalue weighted by Gasteiger charge is -2.39. The van der Waals surface area contributed by atoms with E-state index in [-0.39, 0.29) is 44.2 Å². The largest absolute Gasteiger partial charge is 0.475 e. The molecule has 12 nitrogen and oxygen atoms in total. The second-order valence-corrected chi connectivity index (χ2v) is 10.7. The van der Waals surface area contributed by atoms with Gasteiger partial charge in [0, 0.05) is 37.8 Å². The van der Waals surface area contributed by atoms with Gasteiger partial charge in [0.15, 0.2) is 11.2 Å². The summed E-state index contributed by atoms with van der Waals surface area (Å²) in [5.41, 5.74) is -0.756. The standard InChI is InChI=1S/C19H31N2O10PS/c1-12(22)13(10-15(24)28-4)18(26)33-9-8-20-14(23)6-7-21-17(25)16-19(2,3)11-30-32(27,29-5)31-16/h13,16H,6-11H2,1-5H3,(H,20,23)(H,21,25)/t13?,16-,32?/m0/s1. The second kappa shape index (κ2) is 13.2. The first-order valence-corrected chi connectivity index (χ1v) is 12.6. The third-order valence-electron chi connectivity index (χ3n) is 4.69. The van der Waals surface area contributed by atoms with Crippen LogP contribution in [0.3, 0.4) is 0 Å². The second-order valence-electron chi connectivity index (χ2n) is 7.88. The maximum Gasteiger partial charge on any atom is 0.475 e. The van der Waals surface area contributed by atoms with Gasteiger partial charge < -0.3 is 15.4 Å². The Kier molecular flexibility index (Phi) is 11.7. The monoisotopic (exact) mass is 510 g/mol. The molecule has 1 rings (SSSR count). The molecule has 2 amide bonds. The number of ether oxygens (including phenoxy) is 1. The maximum absolute atomic E-state index is 12.4. The Balaban J connectivity index is 2.36. The lowest BCUT2D eigenvalue weighted by molar-refractivity contribution is -0.145. The minimum atomic E-state index is -3.80. The Morgan fingerprint density at radius 1 is 1.15 bits per heavy atom. The molecule has 1 fully saturated rings.